The Balaban J connectivity index is 2.57. The molecule has 0 spiro atoms. The summed E-state index contributed by atoms with van der Waals surface area (Å²) in [5.74, 6) is 0.531. The lowest BCUT2D eigenvalue weighted by atomic mass is 10.0. The molecule has 1 aromatic heterocycles. The van der Waals surface area contributed by atoms with Crippen LogP contribution in [0.4, 0.5) is 0 Å². The standard InChI is InChI=1S/C13H11ClO2/c1-8-3-4-10(5-9(8)2)13-11(7-15)6-12(14)16-13/h3-7H,1-2H3. The van der Waals surface area contributed by atoms with E-state index in [0.717, 1.165) is 17.4 Å². The zero-order valence-corrected chi connectivity index (χ0v) is 9.84. The summed E-state index contributed by atoms with van der Waals surface area (Å²) in [6.07, 6.45) is 0.750. The van der Waals surface area contributed by atoms with E-state index in [1.54, 1.807) is 0 Å². The van der Waals surface area contributed by atoms with Gasteiger partial charge in [0, 0.05) is 11.6 Å². The van der Waals surface area contributed by atoms with Crippen molar-refractivity contribution in [2.75, 3.05) is 0 Å². The van der Waals surface area contributed by atoms with Crippen LogP contribution in [0.15, 0.2) is 28.7 Å². The zero-order chi connectivity index (χ0) is 11.7. The van der Waals surface area contributed by atoms with Gasteiger partial charge in [-0.2, -0.15) is 0 Å². The van der Waals surface area contributed by atoms with Gasteiger partial charge in [0.2, 0.25) is 0 Å². The maximum Gasteiger partial charge on any atom is 0.194 e. The van der Waals surface area contributed by atoms with Crippen LogP contribution >= 0.6 is 11.6 Å². The molecule has 2 aromatic rings. The predicted octanol–water partition coefficient (Wildman–Crippen LogP) is 4.03. The van der Waals surface area contributed by atoms with Crippen molar-refractivity contribution in [3.8, 4) is 11.3 Å². The van der Waals surface area contributed by atoms with E-state index >= 15 is 0 Å². The summed E-state index contributed by atoms with van der Waals surface area (Å²) < 4.78 is 5.32. The first-order chi connectivity index (χ1) is 7.61. The van der Waals surface area contributed by atoms with Crippen LogP contribution in [0.1, 0.15) is 21.5 Å². The quantitative estimate of drug-likeness (QED) is 0.735. The van der Waals surface area contributed by atoms with Crippen molar-refractivity contribution in [2.45, 2.75) is 13.8 Å². The van der Waals surface area contributed by atoms with E-state index in [2.05, 4.69) is 0 Å². The Morgan fingerprint density at radius 1 is 1.19 bits per heavy atom. The maximum atomic E-state index is 10.8. The van der Waals surface area contributed by atoms with Crippen molar-refractivity contribution < 1.29 is 9.21 Å². The van der Waals surface area contributed by atoms with Crippen molar-refractivity contribution in [2.24, 2.45) is 0 Å². The highest BCUT2D eigenvalue weighted by molar-refractivity contribution is 6.29. The summed E-state index contributed by atoms with van der Waals surface area (Å²) in [6, 6.07) is 7.43. The fourth-order valence-electron chi connectivity index (χ4n) is 1.57. The monoisotopic (exact) mass is 234 g/mol. The summed E-state index contributed by atoms with van der Waals surface area (Å²) in [4.78, 5) is 10.8. The van der Waals surface area contributed by atoms with Gasteiger partial charge in [-0.05, 0) is 42.6 Å². The van der Waals surface area contributed by atoms with Crippen molar-refractivity contribution in [1.29, 1.82) is 0 Å². The third-order valence-corrected chi connectivity index (χ3v) is 2.81. The third-order valence-electron chi connectivity index (χ3n) is 2.63. The lowest BCUT2D eigenvalue weighted by Gasteiger charge is -2.03. The summed E-state index contributed by atoms with van der Waals surface area (Å²) in [5.41, 5.74) is 3.71. The second-order valence-corrected chi connectivity index (χ2v) is 4.12. The lowest BCUT2D eigenvalue weighted by molar-refractivity contribution is 0.112. The molecule has 0 bridgehead atoms. The summed E-state index contributed by atoms with van der Waals surface area (Å²) in [7, 11) is 0. The number of hydrogen-bond acceptors (Lipinski definition) is 2. The van der Waals surface area contributed by atoms with Gasteiger partial charge in [-0.3, -0.25) is 4.79 Å². The first kappa shape index (κ1) is 11.0. The smallest absolute Gasteiger partial charge is 0.194 e. The Hall–Kier alpha value is -1.54. The van der Waals surface area contributed by atoms with Crippen molar-refractivity contribution >= 4 is 17.9 Å². The van der Waals surface area contributed by atoms with Gasteiger partial charge in [-0.25, -0.2) is 0 Å². The second kappa shape index (κ2) is 4.14. The molecule has 0 atom stereocenters. The first-order valence-electron chi connectivity index (χ1n) is 4.94. The zero-order valence-electron chi connectivity index (χ0n) is 9.08. The van der Waals surface area contributed by atoms with E-state index in [-0.39, 0.29) is 5.22 Å². The predicted molar refractivity (Wildman–Crippen MR) is 64.0 cm³/mol. The van der Waals surface area contributed by atoms with Crippen LogP contribution in [0.2, 0.25) is 5.22 Å². The number of rotatable bonds is 2. The van der Waals surface area contributed by atoms with Crippen molar-refractivity contribution in [1.82, 2.24) is 0 Å². The molecule has 3 heteroatoms. The van der Waals surface area contributed by atoms with E-state index in [1.165, 1.54) is 11.6 Å². The SMILES string of the molecule is Cc1ccc(-c2oc(Cl)cc2C=O)cc1C. The van der Waals surface area contributed by atoms with Gasteiger partial charge in [-0.15, -0.1) is 0 Å². The van der Waals surface area contributed by atoms with Crippen molar-refractivity contribution in [3.05, 3.63) is 46.2 Å². The Bertz CT molecular complexity index is 541. The molecule has 0 N–H and O–H groups in total. The Labute approximate surface area is 98.8 Å². The fraction of sp³-hybridized carbons (Fsp3) is 0.154. The van der Waals surface area contributed by atoms with Crippen LogP contribution in [-0.4, -0.2) is 6.29 Å². The van der Waals surface area contributed by atoms with Gasteiger partial charge in [0.15, 0.2) is 11.5 Å². The van der Waals surface area contributed by atoms with Crippen LogP contribution < -0.4 is 0 Å². The number of hydrogen-bond donors (Lipinski definition) is 0. The number of furan rings is 1. The molecule has 0 radical (unpaired) electrons. The Morgan fingerprint density at radius 2 is 1.94 bits per heavy atom. The Kier molecular flexibility index (Phi) is 2.84. The number of benzene rings is 1. The molecule has 82 valence electrons. The van der Waals surface area contributed by atoms with E-state index in [9.17, 15) is 4.79 Å². The molecule has 0 unspecified atom stereocenters. The van der Waals surface area contributed by atoms with Gasteiger partial charge in [0.1, 0.15) is 5.76 Å². The van der Waals surface area contributed by atoms with E-state index in [4.69, 9.17) is 16.0 Å². The topological polar surface area (TPSA) is 30.2 Å². The van der Waals surface area contributed by atoms with E-state index in [1.807, 2.05) is 32.0 Å². The van der Waals surface area contributed by atoms with Crippen LogP contribution in [0.25, 0.3) is 11.3 Å². The molecule has 0 aliphatic heterocycles. The number of carbonyl (C=O) groups is 1. The van der Waals surface area contributed by atoms with E-state index in [0.29, 0.717) is 11.3 Å². The van der Waals surface area contributed by atoms with Gasteiger partial charge >= 0.3 is 0 Å². The third kappa shape index (κ3) is 1.89. The van der Waals surface area contributed by atoms with Crippen LogP contribution in [0.5, 0.6) is 0 Å². The molecule has 1 aromatic carbocycles. The van der Waals surface area contributed by atoms with Gasteiger partial charge in [0.25, 0.3) is 0 Å². The van der Waals surface area contributed by atoms with Crippen LogP contribution in [0, 0.1) is 13.8 Å². The lowest BCUT2D eigenvalue weighted by Crippen LogP contribution is -1.85. The number of halogens is 1. The van der Waals surface area contributed by atoms with Gasteiger partial charge < -0.3 is 4.42 Å². The average Bonchev–Trinajstić information content (AvgIpc) is 2.63. The molecule has 0 aliphatic carbocycles. The second-order valence-electron chi connectivity index (χ2n) is 3.75. The average molecular weight is 235 g/mol. The minimum atomic E-state index is 0.232. The highest BCUT2D eigenvalue weighted by Gasteiger charge is 2.11. The molecule has 0 saturated carbocycles. The molecular weight excluding hydrogens is 224 g/mol. The van der Waals surface area contributed by atoms with E-state index < -0.39 is 0 Å². The largest absolute Gasteiger partial charge is 0.444 e. The number of aryl methyl sites for hydroxylation is 2. The minimum Gasteiger partial charge on any atom is -0.444 e. The normalized spacial score (nSPS) is 10.4. The molecule has 2 rings (SSSR count). The summed E-state index contributed by atoms with van der Waals surface area (Å²) in [6.45, 7) is 4.05. The molecule has 0 fully saturated rings. The highest BCUT2D eigenvalue weighted by Crippen LogP contribution is 2.29. The molecule has 0 amide bonds. The van der Waals surface area contributed by atoms with Crippen LogP contribution in [0.3, 0.4) is 0 Å². The number of carbonyl (C=O) groups excluding carboxylic acids is 1. The first-order valence-corrected chi connectivity index (χ1v) is 5.31. The molecule has 2 nitrogen and oxygen atoms in total. The number of aldehydes is 1. The highest BCUT2D eigenvalue weighted by atomic mass is 35.5. The minimum absolute atomic E-state index is 0.232. The molecule has 16 heavy (non-hydrogen) atoms. The van der Waals surface area contributed by atoms with Crippen LogP contribution in [-0.2, 0) is 0 Å². The van der Waals surface area contributed by atoms with Crippen molar-refractivity contribution in [3.63, 3.8) is 0 Å². The Morgan fingerprint density at radius 3 is 2.56 bits per heavy atom. The van der Waals surface area contributed by atoms with Gasteiger partial charge in [0.05, 0.1) is 5.56 Å². The van der Waals surface area contributed by atoms with Gasteiger partial charge in [-0.1, -0.05) is 12.1 Å². The fourth-order valence-corrected chi connectivity index (χ4v) is 1.76. The molecule has 0 aliphatic rings. The molecular formula is C13H11ClO2. The molecule has 0 saturated heterocycles. The summed E-state index contributed by atoms with van der Waals surface area (Å²) in [5, 5.41) is 0.232. The summed E-state index contributed by atoms with van der Waals surface area (Å²) >= 11 is 5.74. The molecule has 1 heterocycles. The maximum absolute atomic E-state index is 10.8.